The van der Waals surface area contributed by atoms with E-state index in [1.54, 1.807) is 12.4 Å². The summed E-state index contributed by atoms with van der Waals surface area (Å²) in [6.07, 6.45) is 10.2. The van der Waals surface area contributed by atoms with Gasteiger partial charge in [0.15, 0.2) is 5.82 Å². The molecule has 2 unspecified atom stereocenters. The van der Waals surface area contributed by atoms with E-state index in [-0.39, 0.29) is 36.6 Å². The number of anilines is 1. The maximum Gasteiger partial charge on any atom is 0.230 e. The zero-order valence-electron chi connectivity index (χ0n) is 14.9. The summed E-state index contributed by atoms with van der Waals surface area (Å²) < 4.78 is 1.85. The number of hydrogen-bond donors (Lipinski definition) is 2. The highest BCUT2D eigenvalue weighted by Crippen LogP contribution is 2.32. The number of aromatic nitrogens is 3. The first-order valence-electron chi connectivity index (χ1n) is 8.57. The van der Waals surface area contributed by atoms with Gasteiger partial charge in [-0.05, 0) is 43.9 Å². The second-order valence-corrected chi connectivity index (χ2v) is 6.86. The lowest BCUT2D eigenvalue weighted by atomic mass is 9.74. The van der Waals surface area contributed by atoms with E-state index < -0.39 is 5.54 Å². The van der Waals surface area contributed by atoms with Crippen LogP contribution in [0.3, 0.4) is 0 Å². The van der Waals surface area contributed by atoms with Crippen molar-refractivity contribution in [3.63, 3.8) is 0 Å². The topological polar surface area (TPSA) is 85.8 Å². The molecule has 3 N–H and O–H groups in total. The smallest absolute Gasteiger partial charge is 0.230 e. The van der Waals surface area contributed by atoms with Gasteiger partial charge in [0.05, 0.1) is 5.92 Å². The van der Waals surface area contributed by atoms with Crippen LogP contribution in [0.1, 0.15) is 38.2 Å². The molecule has 2 aromatic heterocycles. The van der Waals surface area contributed by atoms with Gasteiger partial charge in [0.1, 0.15) is 0 Å². The first kappa shape index (κ1) is 22.4. The second kappa shape index (κ2) is 9.90. The average Bonchev–Trinajstić information content (AvgIpc) is 3.01. The fourth-order valence-corrected chi connectivity index (χ4v) is 3.35. The summed E-state index contributed by atoms with van der Waals surface area (Å²) in [6.45, 7) is 2.74. The van der Waals surface area contributed by atoms with Gasteiger partial charge in [-0.15, -0.1) is 24.8 Å². The van der Waals surface area contributed by atoms with Gasteiger partial charge < -0.3 is 11.1 Å². The number of pyridine rings is 1. The predicted molar refractivity (Wildman–Crippen MR) is 108 cm³/mol. The number of carbonyl (C=O) groups excluding carboxylic acids is 1. The molecular formula is C18H27Cl2N5O. The Bertz CT molecular complexity index is 690. The third-order valence-electron chi connectivity index (χ3n) is 4.84. The fraction of sp³-hybridized carbons (Fsp3) is 0.500. The number of halogens is 2. The summed E-state index contributed by atoms with van der Waals surface area (Å²) in [4.78, 5) is 16.5. The maximum absolute atomic E-state index is 12.5. The summed E-state index contributed by atoms with van der Waals surface area (Å²) in [5, 5.41) is 7.36. The quantitative estimate of drug-likeness (QED) is 0.807. The Kier molecular flexibility index (Phi) is 8.53. The number of aryl methyl sites for hydroxylation is 2. The number of nitrogens with zero attached hydrogens (tertiary/aromatic N) is 3. The number of amides is 1. The molecule has 26 heavy (non-hydrogen) atoms. The standard InChI is InChI=1S/C18H25N5O.2ClH/c1-18(19)9-3-2-4-15(18)17(24)21-16-8-13-23(22-16)12-7-14-5-10-20-11-6-14;;/h5-6,8,10-11,13,15H,2-4,7,9,12,19H2,1H3,(H,21,22,24);2*1H. The van der Waals surface area contributed by atoms with Crippen molar-refractivity contribution in [3.05, 3.63) is 42.4 Å². The van der Waals surface area contributed by atoms with Gasteiger partial charge in [-0.25, -0.2) is 0 Å². The molecule has 8 heteroatoms. The maximum atomic E-state index is 12.5. The molecule has 1 aliphatic rings. The van der Waals surface area contributed by atoms with Gasteiger partial charge >= 0.3 is 0 Å². The van der Waals surface area contributed by atoms with Crippen molar-refractivity contribution in [2.75, 3.05) is 5.32 Å². The van der Waals surface area contributed by atoms with Crippen LogP contribution in [0.2, 0.25) is 0 Å². The monoisotopic (exact) mass is 399 g/mol. The molecule has 6 nitrogen and oxygen atoms in total. The molecule has 2 heterocycles. The predicted octanol–water partition coefficient (Wildman–Crippen LogP) is 3.21. The van der Waals surface area contributed by atoms with Crippen LogP contribution in [0.5, 0.6) is 0 Å². The van der Waals surface area contributed by atoms with Crippen molar-refractivity contribution < 1.29 is 4.79 Å². The van der Waals surface area contributed by atoms with Gasteiger partial charge in [0.25, 0.3) is 0 Å². The minimum absolute atomic E-state index is 0. The summed E-state index contributed by atoms with van der Waals surface area (Å²) in [5.74, 6) is 0.434. The second-order valence-electron chi connectivity index (χ2n) is 6.86. The average molecular weight is 400 g/mol. The van der Waals surface area contributed by atoms with E-state index >= 15 is 0 Å². The molecule has 2 atom stereocenters. The van der Waals surface area contributed by atoms with Crippen molar-refractivity contribution in [3.8, 4) is 0 Å². The lowest BCUT2D eigenvalue weighted by molar-refractivity contribution is -0.122. The number of carbonyl (C=O) groups is 1. The van der Waals surface area contributed by atoms with E-state index in [2.05, 4.69) is 15.4 Å². The van der Waals surface area contributed by atoms with Crippen LogP contribution < -0.4 is 11.1 Å². The van der Waals surface area contributed by atoms with Gasteiger partial charge in [-0.3, -0.25) is 14.5 Å². The largest absolute Gasteiger partial charge is 0.325 e. The van der Waals surface area contributed by atoms with Gasteiger partial charge in [-0.1, -0.05) is 12.8 Å². The van der Waals surface area contributed by atoms with Crippen LogP contribution in [0.25, 0.3) is 0 Å². The Morgan fingerprint density at radius 1 is 1.31 bits per heavy atom. The number of nitrogens with two attached hydrogens (primary N) is 1. The first-order valence-corrected chi connectivity index (χ1v) is 8.57. The van der Waals surface area contributed by atoms with Gasteiger partial charge in [-0.2, -0.15) is 5.10 Å². The van der Waals surface area contributed by atoms with Crippen molar-refractivity contribution in [2.45, 2.75) is 51.1 Å². The van der Waals surface area contributed by atoms with Crippen LogP contribution in [-0.4, -0.2) is 26.2 Å². The van der Waals surface area contributed by atoms with E-state index in [9.17, 15) is 4.79 Å². The van der Waals surface area contributed by atoms with Crippen LogP contribution in [0, 0.1) is 5.92 Å². The number of hydrogen-bond acceptors (Lipinski definition) is 4. The number of rotatable bonds is 5. The first-order chi connectivity index (χ1) is 11.5. The van der Waals surface area contributed by atoms with E-state index in [4.69, 9.17) is 5.73 Å². The lowest BCUT2D eigenvalue weighted by Crippen LogP contribution is -2.51. The normalized spacial score (nSPS) is 22.0. The van der Waals surface area contributed by atoms with Crippen molar-refractivity contribution in [1.29, 1.82) is 0 Å². The van der Waals surface area contributed by atoms with Crippen molar-refractivity contribution in [1.82, 2.24) is 14.8 Å². The molecule has 1 aliphatic carbocycles. The Labute approximate surface area is 166 Å². The van der Waals surface area contributed by atoms with Crippen molar-refractivity contribution >= 4 is 36.5 Å². The molecule has 1 saturated carbocycles. The Balaban J connectivity index is 0.00000169. The molecule has 1 amide bonds. The summed E-state index contributed by atoms with van der Waals surface area (Å²) in [7, 11) is 0. The molecule has 3 rings (SSSR count). The van der Waals surface area contributed by atoms with E-state index in [1.165, 1.54) is 5.56 Å². The summed E-state index contributed by atoms with van der Waals surface area (Å²) in [5.41, 5.74) is 7.09. The van der Waals surface area contributed by atoms with Gasteiger partial charge in [0.2, 0.25) is 5.91 Å². The van der Waals surface area contributed by atoms with Crippen molar-refractivity contribution in [2.24, 2.45) is 11.7 Å². The Morgan fingerprint density at radius 2 is 2.04 bits per heavy atom. The summed E-state index contributed by atoms with van der Waals surface area (Å²) in [6, 6.07) is 5.83. The SMILES string of the molecule is CC1(N)CCCCC1C(=O)Nc1ccn(CCc2ccncc2)n1.Cl.Cl. The van der Waals surface area contributed by atoms with Crippen LogP contribution in [-0.2, 0) is 17.8 Å². The molecule has 0 radical (unpaired) electrons. The third-order valence-corrected chi connectivity index (χ3v) is 4.84. The fourth-order valence-electron chi connectivity index (χ4n) is 3.35. The molecule has 0 bridgehead atoms. The Morgan fingerprint density at radius 3 is 2.73 bits per heavy atom. The van der Waals surface area contributed by atoms with Crippen LogP contribution in [0.15, 0.2) is 36.8 Å². The Hall–Kier alpha value is -1.63. The number of nitrogens with one attached hydrogen (secondary N) is 1. The zero-order chi connectivity index (χ0) is 17.0. The molecule has 0 saturated heterocycles. The van der Waals surface area contributed by atoms with Crippen LogP contribution >= 0.6 is 24.8 Å². The van der Waals surface area contributed by atoms with Gasteiger partial charge in [0, 0.05) is 36.7 Å². The minimum Gasteiger partial charge on any atom is -0.325 e. The van der Waals surface area contributed by atoms with Crippen LogP contribution in [0.4, 0.5) is 5.82 Å². The highest BCUT2D eigenvalue weighted by Gasteiger charge is 2.37. The third kappa shape index (κ3) is 5.69. The molecule has 1 fully saturated rings. The van der Waals surface area contributed by atoms with E-state index in [0.717, 1.165) is 38.6 Å². The molecule has 0 aromatic carbocycles. The molecule has 0 aliphatic heterocycles. The zero-order valence-corrected chi connectivity index (χ0v) is 16.6. The van der Waals surface area contributed by atoms with E-state index in [1.807, 2.05) is 36.0 Å². The minimum atomic E-state index is -0.424. The highest BCUT2D eigenvalue weighted by atomic mass is 35.5. The highest BCUT2D eigenvalue weighted by molar-refractivity contribution is 5.92. The molecular weight excluding hydrogens is 373 g/mol. The molecule has 144 valence electrons. The van der Waals surface area contributed by atoms with E-state index in [0.29, 0.717) is 5.82 Å². The molecule has 2 aromatic rings. The summed E-state index contributed by atoms with van der Waals surface area (Å²) >= 11 is 0. The lowest BCUT2D eigenvalue weighted by Gasteiger charge is -2.37. The molecule has 0 spiro atoms.